The molecule has 0 bridgehead atoms. The van der Waals surface area contributed by atoms with Crippen molar-refractivity contribution in [2.24, 2.45) is 0 Å². The monoisotopic (exact) mass is 653 g/mol. The molecule has 7 aromatic rings. The highest BCUT2D eigenvalue weighted by Gasteiger charge is 2.37. The molecule has 4 heteroatoms. The normalized spacial score (nSPS) is 13.8. The summed E-state index contributed by atoms with van der Waals surface area (Å²) in [6.45, 7) is 17.8. The Hall–Kier alpha value is -5.48. The number of aromatic hydroxyl groups is 1. The van der Waals surface area contributed by atoms with Gasteiger partial charge in [0.15, 0.2) is 0 Å². The van der Waals surface area contributed by atoms with Crippen molar-refractivity contribution in [2.75, 3.05) is 4.90 Å². The fraction of sp³-hybridized carbons (Fsp3) is 0.217. The van der Waals surface area contributed by atoms with Gasteiger partial charge in [-0.2, -0.15) is 0 Å². The van der Waals surface area contributed by atoms with E-state index in [-0.39, 0.29) is 16.6 Å². The van der Waals surface area contributed by atoms with Crippen molar-refractivity contribution in [1.82, 2.24) is 9.97 Å². The number of aryl methyl sites for hydroxylation is 3. The van der Waals surface area contributed by atoms with Crippen LogP contribution < -0.4 is 4.90 Å². The highest BCUT2D eigenvalue weighted by atomic mass is 16.3. The first-order chi connectivity index (χ1) is 23.8. The quantitative estimate of drug-likeness (QED) is 0.193. The van der Waals surface area contributed by atoms with Crippen molar-refractivity contribution < 1.29 is 5.11 Å². The summed E-state index contributed by atoms with van der Waals surface area (Å²) in [5.74, 6) is 1.10. The predicted octanol–water partition coefficient (Wildman–Crippen LogP) is 12.2. The summed E-state index contributed by atoms with van der Waals surface area (Å²) < 4.78 is 0. The number of phenols is 1. The van der Waals surface area contributed by atoms with Crippen molar-refractivity contribution in [2.45, 2.75) is 66.2 Å². The van der Waals surface area contributed by atoms with Gasteiger partial charge in [0.25, 0.3) is 0 Å². The molecule has 0 saturated heterocycles. The van der Waals surface area contributed by atoms with Crippen LogP contribution in [0.2, 0.25) is 0 Å². The van der Waals surface area contributed by atoms with Gasteiger partial charge >= 0.3 is 0 Å². The molecule has 0 spiro atoms. The number of rotatable bonds is 3. The molecule has 3 heterocycles. The van der Waals surface area contributed by atoms with E-state index in [2.05, 4.69) is 145 Å². The summed E-state index contributed by atoms with van der Waals surface area (Å²) in [5, 5.41) is 14.6. The molecule has 0 radical (unpaired) electrons. The Morgan fingerprint density at radius 3 is 2.08 bits per heavy atom. The molecule has 50 heavy (non-hydrogen) atoms. The number of nitrogens with zero attached hydrogens (tertiary/aromatic N) is 3. The van der Waals surface area contributed by atoms with Crippen LogP contribution in [0.15, 0.2) is 109 Å². The van der Waals surface area contributed by atoms with Crippen molar-refractivity contribution in [1.29, 1.82) is 0 Å². The molecule has 0 atom stereocenters. The number of pyridine rings is 2. The van der Waals surface area contributed by atoms with Gasteiger partial charge in [-0.3, -0.25) is 4.90 Å². The van der Waals surface area contributed by atoms with Gasteiger partial charge in [-0.1, -0.05) is 107 Å². The topological polar surface area (TPSA) is 49.3 Å². The van der Waals surface area contributed by atoms with E-state index in [1.807, 2.05) is 24.4 Å². The third-order valence-corrected chi connectivity index (χ3v) is 10.6. The van der Waals surface area contributed by atoms with Gasteiger partial charge in [0, 0.05) is 27.9 Å². The number of hydrogen-bond acceptors (Lipinski definition) is 4. The number of anilines is 3. The summed E-state index contributed by atoms with van der Waals surface area (Å²) in [6, 6.07) is 36.5. The van der Waals surface area contributed by atoms with E-state index in [9.17, 15) is 5.11 Å². The van der Waals surface area contributed by atoms with Crippen LogP contribution >= 0.6 is 0 Å². The standard InChI is InChI=1S/C46H43N3O/c1-27-23-28(2)41(29(3)24-27)42-32-13-9-10-14-33(32)44(50)43-34(42)18-20-37(48-43)30-17-19-36-39(25-30)49(38-16-12-11-15-35(38)46(36,7)8)40-26-31(21-22-47-40)45(4,5)6/h9-26,50H,1-8H3. The number of benzene rings is 5. The average Bonchev–Trinajstić information content (AvgIpc) is 3.09. The minimum Gasteiger partial charge on any atom is -0.505 e. The van der Waals surface area contributed by atoms with Crippen LogP contribution in [0.3, 0.4) is 0 Å². The molecule has 0 aliphatic carbocycles. The summed E-state index contributed by atoms with van der Waals surface area (Å²) >= 11 is 0. The lowest BCUT2D eigenvalue weighted by atomic mass is 9.73. The van der Waals surface area contributed by atoms with Gasteiger partial charge in [-0.15, -0.1) is 0 Å². The van der Waals surface area contributed by atoms with Gasteiger partial charge in [0.05, 0.1) is 17.1 Å². The number of para-hydroxylation sites is 1. The fourth-order valence-corrected chi connectivity index (χ4v) is 8.16. The minimum atomic E-state index is -0.227. The van der Waals surface area contributed by atoms with Crippen LogP contribution in [0.1, 0.15) is 68.0 Å². The second-order valence-corrected chi connectivity index (χ2v) is 15.5. The van der Waals surface area contributed by atoms with E-state index in [0.717, 1.165) is 50.2 Å². The maximum absolute atomic E-state index is 11.8. The van der Waals surface area contributed by atoms with Gasteiger partial charge < -0.3 is 5.11 Å². The maximum Gasteiger partial charge on any atom is 0.149 e. The Morgan fingerprint density at radius 1 is 0.660 bits per heavy atom. The Labute approximate surface area is 295 Å². The molecule has 0 fully saturated rings. The molecule has 1 N–H and O–H groups in total. The molecule has 2 aromatic heterocycles. The highest BCUT2D eigenvalue weighted by Crippen LogP contribution is 2.53. The Balaban J connectivity index is 1.36. The molecule has 1 aliphatic rings. The number of hydrogen-bond donors (Lipinski definition) is 1. The second kappa shape index (κ2) is 11.3. The zero-order valence-electron chi connectivity index (χ0n) is 30.2. The van der Waals surface area contributed by atoms with E-state index < -0.39 is 0 Å². The molecule has 0 unspecified atom stereocenters. The third-order valence-electron chi connectivity index (χ3n) is 10.6. The van der Waals surface area contributed by atoms with Gasteiger partial charge in [0.2, 0.25) is 0 Å². The maximum atomic E-state index is 11.8. The van der Waals surface area contributed by atoms with Crippen LogP contribution in [-0.4, -0.2) is 15.1 Å². The summed E-state index contributed by atoms with van der Waals surface area (Å²) in [7, 11) is 0. The minimum absolute atomic E-state index is 0.0212. The summed E-state index contributed by atoms with van der Waals surface area (Å²) in [4.78, 5) is 12.5. The first-order valence-corrected chi connectivity index (χ1v) is 17.5. The van der Waals surface area contributed by atoms with E-state index >= 15 is 0 Å². The van der Waals surface area contributed by atoms with Crippen LogP contribution in [0.5, 0.6) is 5.75 Å². The van der Waals surface area contributed by atoms with E-state index in [0.29, 0.717) is 5.52 Å². The Morgan fingerprint density at radius 2 is 1.34 bits per heavy atom. The lowest BCUT2D eigenvalue weighted by Gasteiger charge is -2.42. The lowest BCUT2D eigenvalue weighted by molar-refractivity contribution is 0.486. The molecular formula is C46H43N3O. The number of fused-ring (bicyclic) bond motifs is 4. The Bertz CT molecular complexity index is 2480. The fourth-order valence-electron chi connectivity index (χ4n) is 8.16. The molecule has 5 aromatic carbocycles. The van der Waals surface area contributed by atoms with Gasteiger partial charge in [-0.05, 0) is 107 Å². The van der Waals surface area contributed by atoms with E-state index in [4.69, 9.17) is 9.97 Å². The van der Waals surface area contributed by atoms with Crippen LogP contribution in [-0.2, 0) is 10.8 Å². The van der Waals surface area contributed by atoms with Crippen molar-refractivity contribution in [3.8, 4) is 28.1 Å². The zero-order chi connectivity index (χ0) is 35.1. The summed E-state index contributed by atoms with van der Waals surface area (Å²) in [6.07, 6.45) is 1.93. The first kappa shape index (κ1) is 31.8. The second-order valence-electron chi connectivity index (χ2n) is 15.5. The van der Waals surface area contributed by atoms with E-state index in [1.54, 1.807) is 0 Å². The molecule has 0 amide bonds. The summed E-state index contributed by atoms with van der Waals surface area (Å²) in [5.41, 5.74) is 14.1. The molecule has 1 aliphatic heterocycles. The molecule has 4 nitrogen and oxygen atoms in total. The van der Waals surface area contributed by atoms with Gasteiger partial charge in [0.1, 0.15) is 17.1 Å². The van der Waals surface area contributed by atoms with Crippen molar-refractivity contribution >= 4 is 38.9 Å². The highest BCUT2D eigenvalue weighted by molar-refractivity contribution is 6.16. The first-order valence-electron chi connectivity index (χ1n) is 17.5. The largest absolute Gasteiger partial charge is 0.505 e. The third kappa shape index (κ3) is 4.88. The molecule has 8 rings (SSSR count). The predicted molar refractivity (Wildman–Crippen MR) is 209 cm³/mol. The molecular weight excluding hydrogens is 611 g/mol. The van der Waals surface area contributed by atoms with Crippen molar-refractivity contribution in [3.63, 3.8) is 0 Å². The number of aromatic nitrogens is 2. The average molecular weight is 654 g/mol. The number of phenolic OH excluding ortho intramolecular Hbond substituents is 1. The smallest absolute Gasteiger partial charge is 0.149 e. The van der Waals surface area contributed by atoms with Crippen LogP contribution in [0.25, 0.3) is 44.1 Å². The molecule has 0 saturated carbocycles. The zero-order valence-corrected chi connectivity index (χ0v) is 30.2. The lowest BCUT2D eigenvalue weighted by Crippen LogP contribution is -2.31. The SMILES string of the molecule is Cc1cc(C)c(-c2c3ccccc3c(O)c3nc(-c4ccc5c(c4)N(c4cc(C(C)(C)C)ccn4)c4ccccc4C5(C)C)ccc23)c(C)c1. The molecule has 248 valence electrons. The van der Waals surface area contributed by atoms with Crippen LogP contribution in [0.4, 0.5) is 17.2 Å². The Kier molecular flexibility index (Phi) is 7.17. The van der Waals surface area contributed by atoms with Gasteiger partial charge in [-0.25, -0.2) is 9.97 Å². The van der Waals surface area contributed by atoms with Crippen LogP contribution in [0, 0.1) is 20.8 Å². The van der Waals surface area contributed by atoms with Crippen molar-refractivity contribution in [3.05, 3.63) is 143 Å². The van der Waals surface area contributed by atoms with E-state index in [1.165, 1.54) is 38.9 Å².